The van der Waals surface area contributed by atoms with Gasteiger partial charge in [0.05, 0.1) is 0 Å². The van der Waals surface area contributed by atoms with Gasteiger partial charge in [-0.2, -0.15) is 43.5 Å². The molecule has 4 heteroatoms. The van der Waals surface area contributed by atoms with Crippen molar-refractivity contribution in [2.75, 3.05) is 0 Å². The number of hydrogen-bond donors (Lipinski definition) is 0. The van der Waals surface area contributed by atoms with Gasteiger partial charge in [-0.1, -0.05) is 5.56 Å². The first kappa shape index (κ1) is 19.0. The van der Waals surface area contributed by atoms with E-state index in [1.807, 2.05) is 0 Å². The Morgan fingerprint density at radius 1 is 1.00 bits per heavy atom. The van der Waals surface area contributed by atoms with E-state index in [1.54, 1.807) is 0 Å². The van der Waals surface area contributed by atoms with Crippen LogP contribution in [0.5, 0.6) is 0 Å². The van der Waals surface area contributed by atoms with E-state index >= 15 is 0 Å². The van der Waals surface area contributed by atoms with Gasteiger partial charge in [0.25, 0.3) is 0 Å². The molecule has 0 N–H and O–H groups in total. The Balaban J connectivity index is -0.000000333. The van der Waals surface area contributed by atoms with Crippen LogP contribution >= 0.6 is 0 Å². The van der Waals surface area contributed by atoms with Crippen LogP contribution in [0.2, 0.25) is 0 Å². The average molecular weight is 315 g/mol. The van der Waals surface area contributed by atoms with Gasteiger partial charge < -0.3 is 14.9 Å². The maximum Gasteiger partial charge on any atom is 3.00 e. The topological polar surface area (TPSA) is 0 Å². The van der Waals surface area contributed by atoms with Crippen molar-refractivity contribution in [3.8, 4) is 0 Å². The summed E-state index contributed by atoms with van der Waals surface area (Å²) in [5, 5.41) is 0. The van der Waals surface area contributed by atoms with Gasteiger partial charge in [-0.05, 0) is 0 Å². The van der Waals surface area contributed by atoms with Gasteiger partial charge in [0.15, 0.2) is 0 Å². The average Bonchev–Trinajstić information content (AvgIpc) is 1.88. The van der Waals surface area contributed by atoms with Gasteiger partial charge in [-0.15, -0.1) is 0 Å². The van der Waals surface area contributed by atoms with Crippen LogP contribution in [-0.2, 0) is 6.18 Å². The van der Waals surface area contributed by atoms with Crippen LogP contribution in [-0.4, -0.2) is 0 Å². The molecule has 0 saturated heterocycles. The molecule has 0 heterocycles. The molecule has 1 radical (unpaired) electrons. The summed E-state index contributed by atoms with van der Waals surface area (Å²) < 4.78 is 35.3. The predicted molar refractivity (Wildman–Crippen MR) is 43.1 cm³/mol. The minimum Gasteiger partial charge on any atom is -0.358 e. The van der Waals surface area contributed by atoms with Crippen molar-refractivity contribution in [3.05, 3.63) is 50.7 Å². The zero-order valence-electron chi connectivity index (χ0n) is 7.44. The van der Waals surface area contributed by atoms with E-state index in [4.69, 9.17) is 0 Å². The van der Waals surface area contributed by atoms with E-state index in [-0.39, 0.29) is 56.6 Å². The Morgan fingerprint density at radius 2 is 1.38 bits per heavy atom. The van der Waals surface area contributed by atoms with Crippen LogP contribution in [0.3, 0.4) is 0 Å². The predicted octanol–water partition coefficient (Wildman–Crippen LogP) is 3.41. The van der Waals surface area contributed by atoms with Gasteiger partial charge in [0, 0.05) is 0 Å². The molecule has 0 aliphatic heterocycles. The van der Waals surface area contributed by atoms with Crippen LogP contribution in [0.1, 0.15) is 5.56 Å². The van der Waals surface area contributed by atoms with Crippen LogP contribution in [0, 0.1) is 62.7 Å². The van der Waals surface area contributed by atoms with Crippen molar-refractivity contribution in [2.24, 2.45) is 0 Å². The molecule has 71 valence electrons. The van der Waals surface area contributed by atoms with Crippen LogP contribution in [0.25, 0.3) is 0 Å². The molecule has 0 aliphatic rings. The summed E-state index contributed by atoms with van der Waals surface area (Å²) in [6.07, 6.45) is -4.23. The van der Waals surface area contributed by atoms with Gasteiger partial charge in [0.2, 0.25) is 0 Å². The molecule has 0 amide bonds. The number of halogens is 3. The second-order valence-corrected chi connectivity index (χ2v) is 1.79. The molecule has 0 saturated carbocycles. The summed E-state index contributed by atoms with van der Waals surface area (Å²) >= 11 is 0. The number of hydrogen-bond acceptors (Lipinski definition) is 0. The summed E-state index contributed by atoms with van der Waals surface area (Å²) in [5.74, 6) is 0. The minimum absolute atomic E-state index is 0. The third-order valence-electron chi connectivity index (χ3n) is 1.05. The SMILES string of the molecule is FC(F)(F)c1cc[c-]cc1.[CH3-].[CH3-].[Ce+3]. The third-order valence-corrected chi connectivity index (χ3v) is 1.05. The van der Waals surface area contributed by atoms with E-state index in [1.165, 1.54) is 12.1 Å². The van der Waals surface area contributed by atoms with Gasteiger partial charge in [-0.3, -0.25) is 0 Å². The molecule has 1 aromatic rings. The Kier molecular flexibility index (Phi) is 11.4. The standard InChI is InChI=1S/C7H4F3.2CH3.Ce/c8-7(9,10)6-4-2-1-3-5-6;;;/h2-5H;2*1H3;/q3*-1;+3. The number of alkyl halides is 3. The molecule has 0 aliphatic carbocycles. The zero-order chi connectivity index (χ0) is 7.61. The molecule has 0 aromatic heterocycles. The number of rotatable bonds is 0. The molecule has 1 aromatic carbocycles. The maximum atomic E-state index is 11.8. The largest absolute Gasteiger partial charge is 3.00 e. The fourth-order valence-electron chi connectivity index (χ4n) is 0.576. The molecule has 13 heavy (non-hydrogen) atoms. The van der Waals surface area contributed by atoms with E-state index in [2.05, 4.69) is 6.07 Å². The van der Waals surface area contributed by atoms with Crippen LogP contribution in [0.4, 0.5) is 13.2 Å². The van der Waals surface area contributed by atoms with E-state index < -0.39 is 11.7 Å². The zero-order valence-corrected chi connectivity index (χ0v) is 10.6. The fourth-order valence-corrected chi connectivity index (χ4v) is 0.576. The Hall–Kier alpha value is 0.387. The summed E-state index contributed by atoms with van der Waals surface area (Å²) in [7, 11) is 0. The van der Waals surface area contributed by atoms with Crippen LogP contribution < -0.4 is 0 Å². The minimum atomic E-state index is -4.23. The van der Waals surface area contributed by atoms with Crippen molar-refractivity contribution in [2.45, 2.75) is 6.18 Å². The number of benzene rings is 1. The van der Waals surface area contributed by atoms with Crippen molar-refractivity contribution >= 4 is 0 Å². The first-order valence-corrected chi connectivity index (χ1v) is 2.64. The summed E-state index contributed by atoms with van der Waals surface area (Å²) in [6.45, 7) is 0. The van der Waals surface area contributed by atoms with Crippen molar-refractivity contribution in [1.82, 2.24) is 0 Å². The Bertz CT molecular complexity index is 206. The summed E-state index contributed by atoms with van der Waals surface area (Å²) in [6, 6.07) is 6.95. The second-order valence-electron chi connectivity index (χ2n) is 1.79. The molecular weight excluding hydrogens is 305 g/mol. The Labute approximate surface area is 111 Å². The van der Waals surface area contributed by atoms with E-state index in [9.17, 15) is 13.2 Å². The first-order valence-electron chi connectivity index (χ1n) is 2.64. The molecular formula is C9H10CeF3. The molecule has 0 bridgehead atoms. The molecule has 0 atom stereocenters. The second kappa shape index (κ2) is 7.76. The third kappa shape index (κ3) is 6.46. The summed E-state index contributed by atoms with van der Waals surface area (Å²) in [5.41, 5.74) is -0.633. The quantitative estimate of drug-likeness (QED) is 0.644. The molecule has 0 nitrogen and oxygen atoms in total. The van der Waals surface area contributed by atoms with E-state index in [0.29, 0.717) is 0 Å². The normalized spacial score (nSPS) is 8.85. The van der Waals surface area contributed by atoms with Gasteiger partial charge in [-0.25, -0.2) is 0 Å². The van der Waals surface area contributed by atoms with Gasteiger partial charge in [0.1, 0.15) is 0 Å². The molecule has 0 fully saturated rings. The first-order chi connectivity index (χ1) is 4.61. The van der Waals surface area contributed by atoms with Gasteiger partial charge >= 0.3 is 47.9 Å². The van der Waals surface area contributed by atoms with Crippen molar-refractivity contribution in [1.29, 1.82) is 0 Å². The summed E-state index contributed by atoms with van der Waals surface area (Å²) in [4.78, 5) is 0. The molecule has 0 spiro atoms. The smallest absolute Gasteiger partial charge is 0.358 e. The van der Waals surface area contributed by atoms with Crippen molar-refractivity contribution < 1.29 is 54.9 Å². The maximum absolute atomic E-state index is 11.8. The van der Waals surface area contributed by atoms with E-state index in [0.717, 1.165) is 12.1 Å². The Morgan fingerprint density at radius 3 is 1.62 bits per heavy atom. The molecule has 1 rings (SSSR count). The van der Waals surface area contributed by atoms with Crippen LogP contribution in [0.15, 0.2) is 24.3 Å². The molecule has 0 unspecified atom stereocenters. The monoisotopic (exact) mass is 315 g/mol. The fraction of sp³-hybridized carbons (Fsp3) is 0.111. The van der Waals surface area contributed by atoms with Crippen molar-refractivity contribution in [3.63, 3.8) is 0 Å².